The topological polar surface area (TPSA) is 170 Å². The summed E-state index contributed by atoms with van der Waals surface area (Å²) in [6, 6.07) is 5.40. The third kappa shape index (κ3) is 12.2. The molecule has 0 aromatic heterocycles. The molecule has 0 aliphatic rings. The molecule has 14 heteroatoms. The van der Waals surface area contributed by atoms with Crippen LogP contribution in [-0.4, -0.2) is 79.8 Å². The van der Waals surface area contributed by atoms with E-state index in [0.29, 0.717) is 11.5 Å². The van der Waals surface area contributed by atoms with E-state index in [9.17, 15) is 29.3 Å². The molecule has 33 heavy (non-hydrogen) atoms. The number of nitrogens with one attached hydrogen (secondary N) is 1. The Balaban J connectivity index is 2.25. The van der Waals surface area contributed by atoms with E-state index in [1.165, 1.54) is 14.0 Å². The van der Waals surface area contributed by atoms with Crippen molar-refractivity contribution in [3.05, 3.63) is 34.4 Å². The van der Waals surface area contributed by atoms with Crippen LogP contribution in [0.5, 0.6) is 11.5 Å². The van der Waals surface area contributed by atoms with Gasteiger partial charge in [0, 0.05) is 12.7 Å². The first-order valence-corrected chi connectivity index (χ1v) is 10.6. The van der Waals surface area contributed by atoms with Crippen LogP contribution < -0.4 is 14.8 Å². The largest absolute Gasteiger partial charge is 0.492 e. The molecule has 13 nitrogen and oxygen atoms in total. The summed E-state index contributed by atoms with van der Waals surface area (Å²) in [7, 11) is 1.17. The average molecular weight is 488 g/mol. The molecule has 0 bridgehead atoms. The molecule has 0 spiro atoms. The van der Waals surface area contributed by atoms with Crippen LogP contribution in [0.1, 0.15) is 6.92 Å². The van der Waals surface area contributed by atoms with E-state index in [4.69, 9.17) is 14.2 Å². The maximum atomic E-state index is 11.8. The molecule has 0 saturated heterocycles. The van der Waals surface area contributed by atoms with E-state index in [0.717, 1.165) is 11.8 Å². The van der Waals surface area contributed by atoms with Gasteiger partial charge >= 0.3 is 11.9 Å². The van der Waals surface area contributed by atoms with Gasteiger partial charge in [0.15, 0.2) is 0 Å². The van der Waals surface area contributed by atoms with Crippen LogP contribution in [0, 0.1) is 10.1 Å². The quantitative estimate of drug-likeness (QED) is 0.110. The van der Waals surface area contributed by atoms with E-state index in [1.54, 1.807) is 24.3 Å². The minimum atomic E-state index is -1.04. The monoisotopic (exact) mass is 488 g/mol. The zero-order valence-corrected chi connectivity index (χ0v) is 18.8. The molecule has 0 unspecified atom stereocenters. The maximum Gasteiger partial charge on any atom is 0.375 e. The standard InChI is InChI=1S/C19H24N2O11S/c1-13(22)20-16(18(24)28-2)11-33-12-17(23)19(25)31-8-7-29-14-3-5-15(6-4-14)30-9-10-32-21(26)27/h3-6,16H,7-12H2,1-2H3,(H,20,22)/t16-/m0/s1. The van der Waals surface area contributed by atoms with Crippen LogP contribution >= 0.6 is 11.8 Å². The SMILES string of the molecule is COC(=O)[C@H](CSCC(=O)C(=O)OCCOc1ccc(OCCO[N+](=O)[O-])cc1)NC(C)=O. The van der Waals surface area contributed by atoms with Gasteiger partial charge in [-0.1, -0.05) is 0 Å². The van der Waals surface area contributed by atoms with Crippen molar-refractivity contribution in [1.82, 2.24) is 5.32 Å². The number of esters is 2. The predicted octanol–water partition coefficient (Wildman–Crippen LogP) is 0.176. The molecule has 0 aliphatic carbocycles. The molecule has 1 N–H and O–H groups in total. The first-order chi connectivity index (χ1) is 15.7. The lowest BCUT2D eigenvalue weighted by atomic mass is 10.3. The smallest absolute Gasteiger partial charge is 0.375 e. The van der Waals surface area contributed by atoms with Crippen molar-refractivity contribution in [2.45, 2.75) is 13.0 Å². The van der Waals surface area contributed by atoms with E-state index < -0.39 is 34.8 Å². The van der Waals surface area contributed by atoms with Gasteiger partial charge in [0.25, 0.3) is 5.09 Å². The molecule has 0 heterocycles. The molecule has 1 amide bonds. The maximum absolute atomic E-state index is 11.8. The Kier molecular flexibility index (Phi) is 12.7. The molecule has 0 radical (unpaired) electrons. The number of Topliss-reactive ketones (excluding diaryl/α,β-unsaturated/α-hetero) is 1. The van der Waals surface area contributed by atoms with Crippen LogP contribution in [0.15, 0.2) is 24.3 Å². The third-order valence-corrected chi connectivity index (χ3v) is 4.60. The van der Waals surface area contributed by atoms with Crippen molar-refractivity contribution in [3.63, 3.8) is 0 Å². The van der Waals surface area contributed by atoms with Crippen molar-refractivity contribution in [3.8, 4) is 11.5 Å². The first-order valence-electron chi connectivity index (χ1n) is 9.48. The van der Waals surface area contributed by atoms with Gasteiger partial charge in [-0.3, -0.25) is 9.59 Å². The minimum Gasteiger partial charge on any atom is -0.492 e. The Bertz CT molecular complexity index is 816. The van der Waals surface area contributed by atoms with E-state index in [2.05, 4.69) is 14.9 Å². The van der Waals surface area contributed by atoms with Gasteiger partial charge in [0.1, 0.15) is 44.0 Å². The number of methoxy groups -OCH3 is 1. The fourth-order valence-electron chi connectivity index (χ4n) is 2.16. The number of carbonyl (C=O) groups excluding carboxylic acids is 4. The lowest BCUT2D eigenvalue weighted by molar-refractivity contribution is -0.757. The normalized spacial score (nSPS) is 11.0. The second-order valence-electron chi connectivity index (χ2n) is 6.08. The summed E-state index contributed by atoms with van der Waals surface area (Å²) in [6.45, 7) is 0.874. The van der Waals surface area contributed by atoms with Crippen molar-refractivity contribution in [1.29, 1.82) is 0 Å². The summed E-state index contributed by atoms with van der Waals surface area (Å²) in [4.78, 5) is 60.4. The fraction of sp³-hybridized carbons (Fsp3) is 0.474. The molecular formula is C19H24N2O11S. The minimum absolute atomic E-state index is 0.0000350. The number of ketones is 1. The van der Waals surface area contributed by atoms with Gasteiger partial charge < -0.3 is 29.1 Å². The molecule has 182 valence electrons. The lowest BCUT2D eigenvalue weighted by Crippen LogP contribution is -2.42. The molecule has 0 fully saturated rings. The average Bonchev–Trinajstić information content (AvgIpc) is 2.78. The third-order valence-electron chi connectivity index (χ3n) is 3.57. The van der Waals surface area contributed by atoms with Crippen LogP contribution in [-0.2, 0) is 33.5 Å². The molecule has 0 saturated carbocycles. The van der Waals surface area contributed by atoms with Crippen LogP contribution in [0.4, 0.5) is 0 Å². The Hall–Kier alpha value is -3.55. The number of ether oxygens (including phenoxy) is 4. The molecule has 1 aromatic rings. The zero-order chi connectivity index (χ0) is 24.6. The number of rotatable bonds is 16. The number of hydrogen-bond donors (Lipinski definition) is 1. The van der Waals surface area contributed by atoms with Gasteiger partial charge in [-0.2, -0.15) is 11.8 Å². The highest BCUT2D eigenvalue weighted by atomic mass is 32.2. The van der Waals surface area contributed by atoms with Gasteiger partial charge in [-0.15, -0.1) is 10.1 Å². The Morgan fingerprint density at radius 1 is 1.03 bits per heavy atom. The summed E-state index contributed by atoms with van der Waals surface area (Å²) >= 11 is 0.979. The highest BCUT2D eigenvalue weighted by molar-refractivity contribution is 8.00. The van der Waals surface area contributed by atoms with Crippen molar-refractivity contribution >= 4 is 35.4 Å². The highest BCUT2D eigenvalue weighted by Gasteiger charge is 2.22. The second kappa shape index (κ2) is 15.3. The van der Waals surface area contributed by atoms with Crippen molar-refractivity contribution in [2.24, 2.45) is 0 Å². The highest BCUT2D eigenvalue weighted by Crippen LogP contribution is 2.17. The summed E-state index contributed by atoms with van der Waals surface area (Å²) in [5.74, 6) is -2.20. The zero-order valence-electron chi connectivity index (χ0n) is 18.0. The molecule has 0 aliphatic heterocycles. The second-order valence-corrected chi connectivity index (χ2v) is 7.11. The Morgan fingerprint density at radius 3 is 2.12 bits per heavy atom. The van der Waals surface area contributed by atoms with Gasteiger partial charge in [-0.25, -0.2) is 9.59 Å². The number of hydrogen-bond acceptors (Lipinski definition) is 12. The first kappa shape index (κ1) is 27.5. The number of benzene rings is 1. The van der Waals surface area contributed by atoms with Crippen molar-refractivity contribution in [2.75, 3.05) is 45.0 Å². The number of amides is 1. The fourth-order valence-corrected chi connectivity index (χ4v) is 3.04. The molecule has 1 atom stereocenters. The van der Waals surface area contributed by atoms with Crippen LogP contribution in [0.25, 0.3) is 0 Å². The van der Waals surface area contributed by atoms with Crippen molar-refractivity contribution < 1.29 is 48.0 Å². The summed E-state index contributed by atoms with van der Waals surface area (Å²) in [5, 5.41) is 11.5. The number of thioether (sulfide) groups is 1. The van der Waals surface area contributed by atoms with Crippen LogP contribution in [0.3, 0.4) is 0 Å². The lowest BCUT2D eigenvalue weighted by Gasteiger charge is -2.14. The summed E-state index contributed by atoms with van der Waals surface area (Å²) < 4.78 is 20.0. The van der Waals surface area contributed by atoms with E-state index >= 15 is 0 Å². The summed E-state index contributed by atoms with van der Waals surface area (Å²) in [6.07, 6.45) is 0. The summed E-state index contributed by atoms with van der Waals surface area (Å²) in [5.41, 5.74) is 0. The van der Waals surface area contributed by atoms with Gasteiger partial charge in [0.2, 0.25) is 11.7 Å². The van der Waals surface area contributed by atoms with E-state index in [-0.39, 0.29) is 37.9 Å². The Labute approximate surface area is 193 Å². The van der Waals surface area contributed by atoms with Crippen LogP contribution in [0.2, 0.25) is 0 Å². The van der Waals surface area contributed by atoms with Gasteiger partial charge in [-0.05, 0) is 24.3 Å². The molecule has 1 aromatic carbocycles. The molecule has 1 rings (SSSR count). The van der Waals surface area contributed by atoms with E-state index in [1.807, 2.05) is 0 Å². The predicted molar refractivity (Wildman–Crippen MR) is 113 cm³/mol. The van der Waals surface area contributed by atoms with Gasteiger partial charge in [0.05, 0.1) is 12.9 Å². The number of carbonyl (C=O) groups is 4. The molecular weight excluding hydrogens is 464 g/mol. The Morgan fingerprint density at radius 2 is 1.61 bits per heavy atom. The number of nitrogens with zero attached hydrogens (tertiary/aromatic N) is 1.